The molecule has 0 amide bonds. The number of thiazole rings is 1. The Balaban J connectivity index is 2.06. The third-order valence-electron chi connectivity index (χ3n) is 2.76. The number of nitrogens with zero attached hydrogens (tertiary/aromatic N) is 2. The molecule has 2 rings (SSSR count). The summed E-state index contributed by atoms with van der Waals surface area (Å²) in [6.45, 7) is 2.27. The number of carbonyl (C=O) groups excluding carboxylic acids is 1. The van der Waals surface area contributed by atoms with Gasteiger partial charge in [-0.25, -0.2) is 4.98 Å². The number of hydrogen-bond donors (Lipinski definition) is 0. The highest BCUT2D eigenvalue weighted by molar-refractivity contribution is 7.13. The molecule has 1 heterocycles. The molecule has 1 aromatic carbocycles. The standard InChI is InChI=1S/C14H16N2O2S/c1-10(17)13-9-19-14(15-13)16(2)8-11-4-6-12(18-3)7-5-11/h4-7,9H,8H2,1-3H3. The molecule has 0 spiro atoms. The van der Waals surface area contributed by atoms with Crippen molar-refractivity contribution in [1.82, 2.24) is 4.98 Å². The van der Waals surface area contributed by atoms with Gasteiger partial charge in [0.15, 0.2) is 10.9 Å². The topological polar surface area (TPSA) is 42.4 Å². The zero-order valence-electron chi connectivity index (χ0n) is 11.2. The number of ether oxygens (including phenoxy) is 1. The average molecular weight is 276 g/mol. The van der Waals surface area contributed by atoms with Crippen molar-refractivity contribution in [1.29, 1.82) is 0 Å². The van der Waals surface area contributed by atoms with Crippen LogP contribution in [0.25, 0.3) is 0 Å². The predicted molar refractivity (Wildman–Crippen MR) is 77.2 cm³/mol. The van der Waals surface area contributed by atoms with E-state index in [1.807, 2.05) is 36.2 Å². The minimum absolute atomic E-state index is 0.000322. The van der Waals surface area contributed by atoms with Crippen molar-refractivity contribution >= 4 is 22.3 Å². The maximum absolute atomic E-state index is 11.2. The number of carbonyl (C=O) groups is 1. The molecule has 0 aliphatic carbocycles. The number of anilines is 1. The quantitative estimate of drug-likeness (QED) is 0.787. The minimum Gasteiger partial charge on any atom is -0.497 e. The van der Waals surface area contributed by atoms with Crippen molar-refractivity contribution in [2.75, 3.05) is 19.1 Å². The van der Waals surface area contributed by atoms with E-state index in [0.29, 0.717) is 5.69 Å². The lowest BCUT2D eigenvalue weighted by Gasteiger charge is -2.15. The summed E-state index contributed by atoms with van der Waals surface area (Å²) in [5.41, 5.74) is 1.70. The first-order chi connectivity index (χ1) is 9.10. The zero-order valence-corrected chi connectivity index (χ0v) is 12.0. The van der Waals surface area contributed by atoms with E-state index in [4.69, 9.17) is 4.74 Å². The molecule has 0 bridgehead atoms. The summed E-state index contributed by atoms with van der Waals surface area (Å²) in [5, 5.41) is 2.64. The molecule has 4 nitrogen and oxygen atoms in total. The van der Waals surface area contributed by atoms with Crippen molar-refractivity contribution in [3.05, 3.63) is 40.9 Å². The second-order valence-corrected chi connectivity index (χ2v) is 5.11. The van der Waals surface area contributed by atoms with E-state index >= 15 is 0 Å². The average Bonchev–Trinajstić information content (AvgIpc) is 2.89. The molecular weight excluding hydrogens is 260 g/mol. The molecule has 5 heteroatoms. The van der Waals surface area contributed by atoms with Crippen molar-refractivity contribution < 1.29 is 9.53 Å². The van der Waals surface area contributed by atoms with Crippen LogP contribution in [0.4, 0.5) is 5.13 Å². The Morgan fingerprint density at radius 1 is 1.37 bits per heavy atom. The van der Waals surface area contributed by atoms with Crippen molar-refractivity contribution in [2.45, 2.75) is 13.5 Å². The smallest absolute Gasteiger partial charge is 0.186 e. The van der Waals surface area contributed by atoms with Crippen LogP contribution in [0, 0.1) is 0 Å². The van der Waals surface area contributed by atoms with Gasteiger partial charge in [-0.3, -0.25) is 4.79 Å². The van der Waals surface area contributed by atoms with Gasteiger partial charge in [-0.2, -0.15) is 0 Å². The first-order valence-electron chi connectivity index (χ1n) is 5.90. The van der Waals surface area contributed by atoms with E-state index in [9.17, 15) is 4.79 Å². The van der Waals surface area contributed by atoms with Crippen LogP contribution in [-0.4, -0.2) is 24.9 Å². The van der Waals surface area contributed by atoms with Gasteiger partial charge in [0.1, 0.15) is 11.4 Å². The number of ketones is 1. The SMILES string of the molecule is COc1ccc(CN(C)c2nc(C(C)=O)cs2)cc1. The summed E-state index contributed by atoms with van der Waals surface area (Å²) in [7, 11) is 3.62. The second kappa shape index (κ2) is 5.84. The number of benzene rings is 1. The molecule has 0 N–H and O–H groups in total. The maximum atomic E-state index is 11.2. The van der Waals surface area contributed by atoms with E-state index in [1.165, 1.54) is 23.8 Å². The van der Waals surface area contributed by atoms with Crippen LogP contribution in [0.5, 0.6) is 5.75 Å². The molecule has 0 aliphatic rings. The lowest BCUT2D eigenvalue weighted by Crippen LogP contribution is -2.16. The van der Waals surface area contributed by atoms with E-state index in [1.54, 1.807) is 12.5 Å². The Labute approximate surface area is 116 Å². The molecule has 100 valence electrons. The van der Waals surface area contributed by atoms with Crippen molar-refractivity contribution in [3.8, 4) is 5.75 Å². The Kier molecular flexibility index (Phi) is 4.16. The number of hydrogen-bond acceptors (Lipinski definition) is 5. The molecule has 0 saturated heterocycles. The van der Waals surface area contributed by atoms with Gasteiger partial charge in [0.25, 0.3) is 0 Å². The highest BCUT2D eigenvalue weighted by Crippen LogP contribution is 2.22. The van der Waals surface area contributed by atoms with Crippen molar-refractivity contribution in [3.63, 3.8) is 0 Å². The van der Waals surface area contributed by atoms with Crippen molar-refractivity contribution in [2.24, 2.45) is 0 Å². The minimum atomic E-state index is 0.000322. The Morgan fingerprint density at radius 2 is 2.05 bits per heavy atom. The Bertz CT molecular complexity index is 563. The van der Waals surface area contributed by atoms with Gasteiger partial charge < -0.3 is 9.64 Å². The molecule has 0 saturated carbocycles. The highest BCUT2D eigenvalue weighted by Gasteiger charge is 2.10. The third kappa shape index (κ3) is 3.32. The van der Waals surface area contributed by atoms with Gasteiger partial charge in [0.2, 0.25) is 0 Å². The fourth-order valence-corrected chi connectivity index (χ4v) is 2.50. The van der Waals surface area contributed by atoms with Gasteiger partial charge in [-0.1, -0.05) is 12.1 Å². The molecule has 0 fully saturated rings. The molecule has 0 aliphatic heterocycles. The largest absolute Gasteiger partial charge is 0.497 e. The fraction of sp³-hybridized carbons (Fsp3) is 0.286. The van der Waals surface area contributed by atoms with Crippen LogP contribution in [-0.2, 0) is 6.54 Å². The zero-order chi connectivity index (χ0) is 13.8. The van der Waals surface area contributed by atoms with Crippen LogP contribution in [0.2, 0.25) is 0 Å². The van der Waals surface area contributed by atoms with Crippen LogP contribution in [0.1, 0.15) is 23.0 Å². The normalized spacial score (nSPS) is 10.3. The van der Waals surface area contributed by atoms with Gasteiger partial charge in [0.05, 0.1) is 7.11 Å². The first-order valence-corrected chi connectivity index (χ1v) is 6.78. The Morgan fingerprint density at radius 3 is 2.58 bits per heavy atom. The van der Waals surface area contributed by atoms with Crippen LogP contribution in [0.3, 0.4) is 0 Å². The monoisotopic (exact) mass is 276 g/mol. The number of Topliss-reactive ketones (excluding diaryl/α,β-unsaturated/α-hetero) is 1. The molecule has 1 aromatic heterocycles. The van der Waals surface area contributed by atoms with E-state index in [-0.39, 0.29) is 5.78 Å². The summed E-state index contributed by atoms with van der Waals surface area (Å²) in [4.78, 5) is 17.6. The summed E-state index contributed by atoms with van der Waals surface area (Å²) < 4.78 is 5.13. The molecule has 0 radical (unpaired) electrons. The Hall–Kier alpha value is -1.88. The summed E-state index contributed by atoms with van der Waals surface area (Å²) >= 11 is 1.48. The number of aromatic nitrogens is 1. The summed E-state index contributed by atoms with van der Waals surface area (Å²) in [6.07, 6.45) is 0. The van der Waals surface area contributed by atoms with Gasteiger partial charge in [0, 0.05) is 25.9 Å². The maximum Gasteiger partial charge on any atom is 0.186 e. The first kappa shape index (κ1) is 13.5. The van der Waals surface area contributed by atoms with Crippen LogP contribution < -0.4 is 9.64 Å². The highest BCUT2D eigenvalue weighted by atomic mass is 32.1. The molecule has 0 unspecified atom stereocenters. The van der Waals surface area contributed by atoms with Gasteiger partial charge in [-0.05, 0) is 17.7 Å². The molecular formula is C14H16N2O2S. The number of rotatable bonds is 5. The van der Waals surface area contributed by atoms with E-state index in [2.05, 4.69) is 4.98 Å². The molecule has 0 atom stereocenters. The van der Waals surface area contributed by atoms with E-state index < -0.39 is 0 Å². The molecule has 19 heavy (non-hydrogen) atoms. The van der Waals surface area contributed by atoms with Gasteiger partial charge >= 0.3 is 0 Å². The van der Waals surface area contributed by atoms with Crippen LogP contribution >= 0.6 is 11.3 Å². The van der Waals surface area contributed by atoms with Crippen LogP contribution in [0.15, 0.2) is 29.6 Å². The third-order valence-corrected chi connectivity index (χ3v) is 3.71. The summed E-state index contributed by atoms with van der Waals surface area (Å²) in [5.74, 6) is 0.847. The molecule has 2 aromatic rings. The van der Waals surface area contributed by atoms with Gasteiger partial charge in [-0.15, -0.1) is 11.3 Å². The number of methoxy groups -OCH3 is 1. The fourth-order valence-electron chi connectivity index (χ4n) is 1.67. The lowest BCUT2D eigenvalue weighted by atomic mass is 10.2. The summed E-state index contributed by atoms with van der Waals surface area (Å²) in [6, 6.07) is 7.92. The van der Waals surface area contributed by atoms with E-state index in [0.717, 1.165) is 17.4 Å². The predicted octanol–water partition coefficient (Wildman–Crippen LogP) is 2.99. The lowest BCUT2D eigenvalue weighted by molar-refractivity contribution is 0.101. The second-order valence-electron chi connectivity index (χ2n) is 4.28.